The van der Waals surface area contributed by atoms with E-state index in [0.29, 0.717) is 5.02 Å². The molecule has 0 aliphatic heterocycles. The Morgan fingerprint density at radius 3 is 2.48 bits per heavy atom. The molecule has 0 saturated carbocycles. The standard InChI is InChI=1S/C18H17ClFNO4/c1-12(13-6-8-14(19)9-7-13)21-17(22)10-25-18(23)11-24-16-5-3-2-4-15(16)20/h2-9,12H,10-11H2,1H3,(H,21,22)/t12-/m0/s1. The molecule has 1 amide bonds. The van der Waals surface area contributed by atoms with Gasteiger partial charge in [-0.3, -0.25) is 4.79 Å². The SMILES string of the molecule is C[C@H](NC(=O)COC(=O)COc1ccccc1F)c1ccc(Cl)cc1. The smallest absolute Gasteiger partial charge is 0.344 e. The van der Waals surface area contributed by atoms with E-state index in [1.165, 1.54) is 18.2 Å². The number of hydrogen-bond donors (Lipinski definition) is 1. The molecule has 0 aromatic heterocycles. The normalized spacial score (nSPS) is 11.5. The van der Waals surface area contributed by atoms with E-state index in [0.717, 1.165) is 5.56 Å². The van der Waals surface area contributed by atoms with Crippen molar-refractivity contribution < 1.29 is 23.5 Å². The third-order valence-corrected chi connectivity index (χ3v) is 3.55. The van der Waals surface area contributed by atoms with E-state index in [1.54, 1.807) is 37.3 Å². The lowest BCUT2D eigenvalue weighted by atomic mass is 10.1. The molecule has 0 spiro atoms. The Morgan fingerprint density at radius 1 is 1.12 bits per heavy atom. The largest absolute Gasteiger partial charge is 0.479 e. The fourth-order valence-electron chi connectivity index (χ4n) is 2.00. The highest BCUT2D eigenvalue weighted by atomic mass is 35.5. The van der Waals surface area contributed by atoms with Crippen molar-refractivity contribution in [1.29, 1.82) is 0 Å². The zero-order valence-electron chi connectivity index (χ0n) is 13.5. The van der Waals surface area contributed by atoms with Crippen molar-refractivity contribution in [2.75, 3.05) is 13.2 Å². The Kier molecular flexibility index (Phi) is 6.77. The quantitative estimate of drug-likeness (QED) is 0.765. The maximum atomic E-state index is 13.3. The summed E-state index contributed by atoms with van der Waals surface area (Å²) in [7, 11) is 0. The van der Waals surface area contributed by atoms with Crippen LogP contribution in [0.4, 0.5) is 4.39 Å². The first kappa shape index (κ1) is 18.7. The molecule has 2 rings (SSSR count). The highest BCUT2D eigenvalue weighted by Crippen LogP contribution is 2.16. The van der Waals surface area contributed by atoms with Crippen LogP contribution in [0, 0.1) is 5.82 Å². The maximum Gasteiger partial charge on any atom is 0.344 e. The first-order valence-corrected chi connectivity index (χ1v) is 7.91. The Labute approximate surface area is 149 Å². The summed E-state index contributed by atoms with van der Waals surface area (Å²) in [6.07, 6.45) is 0. The van der Waals surface area contributed by atoms with Crippen LogP contribution in [0.15, 0.2) is 48.5 Å². The molecule has 132 valence electrons. The molecule has 2 aromatic carbocycles. The van der Waals surface area contributed by atoms with Gasteiger partial charge in [0.1, 0.15) is 0 Å². The maximum absolute atomic E-state index is 13.3. The number of esters is 1. The third kappa shape index (κ3) is 6.08. The third-order valence-electron chi connectivity index (χ3n) is 3.29. The van der Waals surface area contributed by atoms with E-state index in [4.69, 9.17) is 21.1 Å². The second kappa shape index (κ2) is 9.03. The van der Waals surface area contributed by atoms with Crippen LogP contribution >= 0.6 is 11.6 Å². The van der Waals surface area contributed by atoms with Crippen LogP contribution in [0.5, 0.6) is 5.75 Å². The zero-order chi connectivity index (χ0) is 18.2. The molecule has 5 nitrogen and oxygen atoms in total. The van der Waals surface area contributed by atoms with E-state index in [9.17, 15) is 14.0 Å². The number of benzene rings is 2. The van der Waals surface area contributed by atoms with Gasteiger partial charge in [0, 0.05) is 5.02 Å². The predicted molar refractivity (Wildman–Crippen MR) is 90.9 cm³/mol. The Morgan fingerprint density at radius 2 is 1.80 bits per heavy atom. The minimum atomic E-state index is -0.766. The van der Waals surface area contributed by atoms with Gasteiger partial charge in [0.15, 0.2) is 24.8 Å². The average molecular weight is 366 g/mol. The predicted octanol–water partition coefficient (Wildman–Crippen LogP) is 3.28. The van der Waals surface area contributed by atoms with Crippen LogP contribution in [-0.2, 0) is 14.3 Å². The van der Waals surface area contributed by atoms with E-state index >= 15 is 0 Å². The van der Waals surface area contributed by atoms with E-state index < -0.39 is 30.9 Å². The van der Waals surface area contributed by atoms with E-state index in [1.807, 2.05) is 0 Å². The lowest BCUT2D eigenvalue weighted by molar-refractivity contribution is -0.150. The summed E-state index contributed by atoms with van der Waals surface area (Å²) in [5.41, 5.74) is 0.868. The van der Waals surface area contributed by atoms with E-state index in [2.05, 4.69) is 5.32 Å². The van der Waals surface area contributed by atoms with Gasteiger partial charge >= 0.3 is 5.97 Å². The number of hydrogen-bond acceptors (Lipinski definition) is 4. The van der Waals surface area contributed by atoms with Gasteiger partial charge in [-0.2, -0.15) is 0 Å². The minimum Gasteiger partial charge on any atom is -0.479 e. The van der Waals surface area contributed by atoms with Gasteiger partial charge in [-0.25, -0.2) is 9.18 Å². The number of para-hydroxylation sites is 1. The van der Waals surface area contributed by atoms with Gasteiger partial charge in [-0.1, -0.05) is 35.9 Å². The first-order chi connectivity index (χ1) is 12.0. The van der Waals surface area contributed by atoms with Gasteiger partial charge in [0.05, 0.1) is 6.04 Å². The van der Waals surface area contributed by atoms with Crippen molar-refractivity contribution in [3.05, 3.63) is 64.9 Å². The van der Waals surface area contributed by atoms with Crippen LogP contribution in [0.1, 0.15) is 18.5 Å². The Bertz CT molecular complexity index is 736. The van der Waals surface area contributed by atoms with Gasteiger partial charge < -0.3 is 14.8 Å². The number of amides is 1. The molecular formula is C18H17ClFNO4. The Balaban J connectivity index is 1.73. The number of halogens is 2. The summed E-state index contributed by atoms with van der Waals surface area (Å²) in [6, 6.07) is 12.5. The summed E-state index contributed by atoms with van der Waals surface area (Å²) in [6.45, 7) is 0.864. The molecule has 0 saturated heterocycles. The molecule has 0 aliphatic rings. The second-order valence-corrected chi connectivity index (χ2v) is 5.66. The highest BCUT2D eigenvalue weighted by Gasteiger charge is 2.13. The molecule has 0 radical (unpaired) electrons. The molecule has 7 heteroatoms. The zero-order valence-corrected chi connectivity index (χ0v) is 14.3. The van der Waals surface area contributed by atoms with Crippen molar-refractivity contribution in [3.63, 3.8) is 0 Å². The van der Waals surface area contributed by atoms with Crippen LogP contribution in [-0.4, -0.2) is 25.1 Å². The summed E-state index contributed by atoms with van der Waals surface area (Å²) in [5.74, 6) is -1.86. The topological polar surface area (TPSA) is 64.6 Å². The van der Waals surface area contributed by atoms with E-state index in [-0.39, 0.29) is 11.8 Å². The lowest BCUT2D eigenvalue weighted by Gasteiger charge is -2.14. The van der Waals surface area contributed by atoms with Crippen molar-refractivity contribution in [1.82, 2.24) is 5.32 Å². The molecule has 0 aliphatic carbocycles. The molecule has 1 atom stereocenters. The lowest BCUT2D eigenvalue weighted by Crippen LogP contribution is -2.31. The minimum absolute atomic E-state index is 0.0553. The summed E-state index contributed by atoms with van der Waals surface area (Å²) in [4.78, 5) is 23.4. The second-order valence-electron chi connectivity index (χ2n) is 5.22. The monoisotopic (exact) mass is 365 g/mol. The van der Waals surface area contributed by atoms with Crippen LogP contribution in [0.3, 0.4) is 0 Å². The molecule has 0 fully saturated rings. The number of carbonyl (C=O) groups excluding carboxylic acids is 2. The average Bonchev–Trinajstić information content (AvgIpc) is 2.59. The number of rotatable bonds is 7. The molecule has 0 heterocycles. The molecule has 1 N–H and O–H groups in total. The van der Waals surface area contributed by atoms with Gasteiger partial charge in [-0.15, -0.1) is 0 Å². The molecule has 25 heavy (non-hydrogen) atoms. The van der Waals surface area contributed by atoms with Crippen molar-refractivity contribution >= 4 is 23.5 Å². The molecule has 0 bridgehead atoms. The molecule has 0 unspecified atom stereocenters. The molecular weight excluding hydrogens is 349 g/mol. The van der Waals surface area contributed by atoms with Crippen molar-refractivity contribution in [3.8, 4) is 5.75 Å². The van der Waals surface area contributed by atoms with Crippen LogP contribution in [0.2, 0.25) is 5.02 Å². The summed E-state index contributed by atoms with van der Waals surface area (Å²) < 4.78 is 23.1. The first-order valence-electron chi connectivity index (χ1n) is 7.53. The number of nitrogens with one attached hydrogen (secondary N) is 1. The van der Waals surface area contributed by atoms with Gasteiger partial charge in [0.2, 0.25) is 0 Å². The van der Waals surface area contributed by atoms with Gasteiger partial charge in [0.25, 0.3) is 5.91 Å². The fraction of sp³-hybridized carbons (Fsp3) is 0.222. The molecule has 2 aromatic rings. The number of carbonyl (C=O) groups is 2. The van der Waals surface area contributed by atoms with Crippen LogP contribution in [0.25, 0.3) is 0 Å². The Hall–Kier alpha value is -2.60. The van der Waals surface area contributed by atoms with Crippen LogP contribution < -0.4 is 10.1 Å². The van der Waals surface area contributed by atoms with Gasteiger partial charge in [-0.05, 0) is 36.8 Å². The fourth-order valence-corrected chi connectivity index (χ4v) is 2.13. The number of ether oxygens (including phenoxy) is 2. The summed E-state index contributed by atoms with van der Waals surface area (Å²) in [5, 5.41) is 3.30. The van der Waals surface area contributed by atoms with Crippen molar-refractivity contribution in [2.45, 2.75) is 13.0 Å². The highest BCUT2D eigenvalue weighted by molar-refractivity contribution is 6.30. The van der Waals surface area contributed by atoms with Crippen molar-refractivity contribution in [2.24, 2.45) is 0 Å². The summed E-state index contributed by atoms with van der Waals surface area (Å²) >= 11 is 5.81.